The molecule has 23 heavy (non-hydrogen) atoms. The van der Waals surface area contributed by atoms with E-state index >= 15 is 0 Å². The maximum atomic E-state index is 12.3. The Morgan fingerprint density at radius 2 is 2.17 bits per heavy atom. The van der Waals surface area contributed by atoms with Gasteiger partial charge in [0, 0.05) is 34.3 Å². The summed E-state index contributed by atoms with van der Waals surface area (Å²) >= 11 is 3.49. The molecule has 0 spiro atoms. The quantitative estimate of drug-likeness (QED) is 0.812. The maximum Gasteiger partial charge on any atom is 0.410 e. The summed E-state index contributed by atoms with van der Waals surface area (Å²) in [7, 11) is 0. The fraction of sp³-hybridized carbons (Fsp3) is 0.412. The third kappa shape index (κ3) is 3.58. The molecule has 0 unspecified atom stereocenters. The van der Waals surface area contributed by atoms with Gasteiger partial charge in [-0.25, -0.2) is 4.79 Å². The summed E-state index contributed by atoms with van der Waals surface area (Å²) in [5.41, 5.74) is 3.61. The molecular formula is C17H20BrN3O2. The SMILES string of the molecule is CC(C)(C)OC(=O)N1CCc2[nH]nc(-c3cccc(Br)c3)c2C1. The van der Waals surface area contributed by atoms with Crippen LogP contribution >= 0.6 is 15.9 Å². The molecule has 5 nitrogen and oxygen atoms in total. The van der Waals surface area contributed by atoms with E-state index in [1.807, 2.05) is 45.0 Å². The number of benzene rings is 1. The Hall–Kier alpha value is -1.82. The molecule has 0 saturated carbocycles. The van der Waals surface area contributed by atoms with Crippen LogP contribution in [0.3, 0.4) is 0 Å². The minimum absolute atomic E-state index is 0.274. The zero-order chi connectivity index (χ0) is 16.6. The Labute approximate surface area is 144 Å². The molecule has 1 aliphatic rings. The van der Waals surface area contributed by atoms with E-state index in [0.29, 0.717) is 13.1 Å². The molecule has 0 aliphatic carbocycles. The first-order valence-corrected chi connectivity index (χ1v) is 8.43. The van der Waals surface area contributed by atoms with Crippen molar-refractivity contribution < 1.29 is 9.53 Å². The molecule has 122 valence electrons. The summed E-state index contributed by atoms with van der Waals surface area (Å²) in [5, 5.41) is 7.56. The molecule has 1 amide bonds. The predicted octanol–water partition coefficient (Wildman–Crippen LogP) is 4.13. The maximum absolute atomic E-state index is 12.3. The van der Waals surface area contributed by atoms with Crippen LogP contribution in [0.4, 0.5) is 4.79 Å². The summed E-state index contributed by atoms with van der Waals surface area (Å²) in [5.74, 6) is 0. The Morgan fingerprint density at radius 1 is 1.39 bits per heavy atom. The van der Waals surface area contributed by atoms with E-state index < -0.39 is 5.60 Å². The number of rotatable bonds is 1. The van der Waals surface area contributed by atoms with Crippen LogP contribution in [0.5, 0.6) is 0 Å². The number of hydrogen-bond acceptors (Lipinski definition) is 3. The van der Waals surface area contributed by atoms with Crippen LogP contribution in [0.1, 0.15) is 32.0 Å². The number of fused-ring (bicyclic) bond motifs is 1. The number of hydrogen-bond donors (Lipinski definition) is 1. The number of halogens is 1. The third-order valence-electron chi connectivity index (χ3n) is 3.68. The van der Waals surface area contributed by atoms with Crippen molar-refractivity contribution in [2.24, 2.45) is 0 Å². The fourth-order valence-corrected chi connectivity index (χ4v) is 3.05. The van der Waals surface area contributed by atoms with Crippen LogP contribution in [-0.2, 0) is 17.7 Å². The number of aromatic nitrogens is 2. The van der Waals surface area contributed by atoms with Gasteiger partial charge in [-0.1, -0.05) is 28.1 Å². The minimum Gasteiger partial charge on any atom is -0.444 e. The second-order valence-electron chi connectivity index (χ2n) is 6.69. The van der Waals surface area contributed by atoms with Gasteiger partial charge in [0.05, 0.1) is 12.2 Å². The second kappa shape index (κ2) is 6.00. The van der Waals surface area contributed by atoms with Crippen LogP contribution in [-0.4, -0.2) is 33.3 Å². The molecule has 1 aromatic carbocycles. The van der Waals surface area contributed by atoms with Gasteiger partial charge in [0.1, 0.15) is 5.60 Å². The zero-order valence-corrected chi connectivity index (χ0v) is 15.1. The topological polar surface area (TPSA) is 58.2 Å². The molecule has 6 heteroatoms. The van der Waals surface area contributed by atoms with Crippen LogP contribution in [0.25, 0.3) is 11.3 Å². The largest absolute Gasteiger partial charge is 0.444 e. The summed E-state index contributed by atoms with van der Waals surface area (Å²) in [6, 6.07) is 8.01. The van der Waals surface area contributed by atoms with Crippen molar-refractivity contribution in [3.8, 4) is 11.3 Å². The third-order valence-corrected chi connectivity index (χ3v) is 4.18. The van der Waals surface area contributed by atoms with Gasteiger partial charge < -0.3 is 9.64 Å². The van der Waals surface area contributed by atoms with Crippen molar-refractivity contribution in [1.82, 2.24) is 15.1 Å². The average Bonchev–Trinajstić information content (AvgIpc) is 2.88. The molecule has 0 saturated heterocycles. The highest BCUT2D eigenvalue weighted by Gasteiger charge is 2.28. The molecule has 0 fully saturated rings. The van der Waals surface area contributed by atoms with Gasteiger partial charge in [-0.2, -0.15) is 5.10 Å². The number of H-pyrrole nitrogens is 1. The number of amides is 1. The van der Waals surface area contributed by atoms with Crippen molar-refractivity contribution in [3.63, 3.8) is 0 Å². The molecule has 0 atom stereocenters. The number of nitrogens with zero attached hydrogens (tertiary/aromatic N) is 2. The van der Waals surface area contributed by atoms with Crippen molar-refractivity contribution in [2.45, 2.75) is 39.3 Å². The Bertz CT molecular complexity index is 734. The molecule has 2 aromatic rings. The Kier molecular flexibility index (Phi) is 4.19. The van der Waals surface area contributed by atoms with Gasteiger partial charge in [0.25, 0.3) is 0 Å². The van der Waals surface area contributed by atoms with E-state index in [1.165, 1.54) is 0 Å². The number of nitrogens with one attached hydrogen (secondary N) is 1. The first-order valence-electron chi connectivity index (χ1n) is 7.63. The number of carbonyl (C=O) groups is 1. The first kappa shape index (κ1) is 16.1. The van der Waals surface area contributed by atoms with Gasteiger partial charge >= 0.3 is 6.09 Å². The summed E-state index contributed by atoms with van der Waals surface area (Å²) in [6.07, 6.45) is 0.486. The molecule has 1 aromatic heterocycles. The van der Waals surface area contributed by atoms with E-state index in [2.05, 4.69) is 26.1 Å². The van der Waals surface area contributed by atoms with Crippen molar-refractivity contribution in [1.29, 1.82) is 0 Å². The van der Waals surface area contributed by atoms with E-state index in [0.717, 1.165) is 33.4 Å². The molecule has 1 N–H and O–H groups in total. The smallest absolute Gasteiger partial charge is 0.410 e. The van der Waals surface area contributed by atoms with Gasteiger partial charge in [-0.05, 0) is 32.9 Å². The van der Waals surface area contributed by atoms with Crippen LogP contribution in [0.15, 0.2) is 28.7 Å². The highest BCUT2D eigenvalue weighted by Crippen LogP contribution is 2.30. The summed E-state index contributed by atoms with van der Waals surface area (Å²) in [6.45, 7) is 6.80. The second-order valence-corrected chi connectivity index (χ2v) is 7.61. The normalized spacial score (nSPS) is 14.5. The van der Waals surface area contributed by atoms with Crippen molar-refractivity contribution in [2.75, 3.05) is 6.54 Å². The lowest BCUT2D eigenvalue weighted by molar-refractivity contribution is 0.0224. The van der Waals surface area contributed by atoms with E-state index in [-0.39, 0.29) is 6.09 Å². The van der Waals surface area contributed by atoms with Crippen molar-refractivity contribution >= 4 is 22.0 Å². The van der Waals surface area contributed by atoms with Crippen molar-refractivity contribution in [3.05, 3.63) is 40.0 Å². The van der Waals surface area contributed by atoms with Gasteiger partial charge in [0.2, 0.25) is 0 Å². The summed E-state index contributed by atoms with van der Waals surface area (Å²) in [4.78, 5) is 14.1. The molecule has 1 aliphatic heterocycles. The number of ether oxygens (including phenoxy) is 1. The molecule has 0 radical (unpaired) electrons. The number of carbonyl (C=O) groups excluding carboxylic acids is 1. The van der Waals surface area contributed by atoms with Crippen LogP contribution in [0, 0.1) is 0 Å². The van der Waals surface area contributed by atoms with Gasteiger partial charge in [-0.15, -0.1) is 0 Å². The summed E-state index contributed by atoms with van der Waals surface area (Å²) < 4.78 is 6.49. The average molecular weight is 378 g/mol. The van der Waals surface area contributed by atoms with Crippen LogP contribution in [0.2, 0.25) is 0 Å². The lowest BCUT2D eigenvalue weighted by Crippen LogP contribution is -2.39. The van der Waals surface area contributed by atoms with Gasteiger partial charge in [0.15, 0.2) is 0 Å². The number of aromatic amines is 1. The standard InChI is InChI=1S/C17H20BrN3O2/c1-17(2,3)23-16(22)21-8-7-14-13(10-21)15(20-19-14)11-5-4-6-12(18)9-11/h4-6,9H,7-8,10H2,1-3H3,(H,19,20). The minimum atomic E-state index is -0.485. The van der Waals surface area contributed by atoms with Gasteiger partial charge in [-0.3, -0.25) is 5.10 Å². The molecule has 2 heterocycles. The molecular weight excluding hydrogens is 358 g/mol. The monoisotopic (exact) mass is 377 g/mol. The zero-order valence-electron chi connectivity index (χ0n) is 13.5. The molecule has 3 rings (SSSR count). The van der Waals surface area contributed by atoms with E-state index in [4.69, 9.17) is 4.74 Å². The lowest BCUT2D eigenvalue weighted by Gasteiger charge is -2.30. The highest BCUT2D eigenvalue weighted by molar-refractivity contribution is 9.10. The first-order chi connectivity index (χ1) is 10.8. The van der Waals surface area contributed by atoms with E-state index in [1.54, 1.807) is 4.90 Å². The highest BCUT2D eigenvalue weighted by atomic mass is 79.9. The van der Waals surface area contributed by atoms with Crippen LogP contribution < -0.4 is 0 Å². The Balaban J connectivity index is 1.86. The fourth-order valence-electron chi connectivity index (χ4n) is 2.65. The Morgan fingerprint density at radius 3 is 2.87 bits per heavy atom. The molecule has 0 bridgehead atoms. The lowest BCUT2D eigenvalue weighted by atomic mass is 10.0. The van der Waals surface area contributed by atoms with E-state index in [9.17, 15) is 4.79 Å². The predicted molar refractivity (Wildman–Crippen MR) is 92.1 cm³/mol.